The Morgan fingerprint density at radius 1 is 0.134 bits per heavy atom. The molecule has 0 fully saturated rings. The van der Waals surface area contributed by atoms with E-state index in [4.69, 9.17) is 39.9 Å². The Bertz CT molecular complexity index is 8150. The Morgan fingerprint density at radius 2 is 0.403 bits per heavy atom. The van der Waals surface area contributed by atoms with E-state index in [1.54, 1.807) is 6.20 Å². The van der Waals surface area contributed by atoms with Crippen molar-refractivity contribution in [1.29, 1.82) is 0 Å². The summed E-state index contributed by atoms with van der Waals surface area (Å²) in [4.78, 5) is 49.6. The van der Waals surface area contributed by atoms with Crippen LogP contribution in [-0.4, -0.2) is 59.0 Å². The number of aromatic nitrogens is 12. The second-order valence-electron chi connectivity index (χ2n) is 33.1. The Balaban J connectivity index is 0.000000151. The molecule has 0 atom stereocenters. The lowest BCUT2D eigenvalue weighted by atomic mass is 9.99. The van der Waals surface area contributed by atoms with Crippen LogP contribution in [0.2, 0.25) is 0 Å². The van der Waals surface area contributed by atoms with Crippen LogP contribution in [0.25, 0.3) is 235 Å². The van der Waals surface area contributed by atoms with Gasteiger partial charge in [0, 0.05) is 102 Å². The predicted octanol–water partition coefficient (Wildman–Crippen LogP) is 30.2. The molecule has 12 heteroatoms. The molecule has 0 amide bonds. The zero-order valence-corrected chi connectivity index (χ0v) is 72.6. The fourth-order valence-corrected chi connectivity index (χ4v) is 17.9. The van der Waals surface area contributed by atoms with Crippen molar-refractivity contribution in [3.63, 3.8) is 0 Å². The van der Waals surface area contributed by atoms with E-state index in [1.165, 1.54) is 43.6 Å². The molecule has 628 valence electrons. The van der Waals surface area contributed by atoms with Gasteiger partial charge >= 0.3 is 0 Å². The van der Waals surface area contributed by atoms with Gasteiger partial charge in [-0.2, -0.15) is 0 Å². The van der Waals surface area contributed by atoms with Crippen LogP contribution in [0.3, 0.4) is 0 Å². The van der Waals surface area contributed by atoms with E-state index in [-0.39, 0.29) is 0 Å². The van der Waals surface area contributed by atoms with Crippen molar-refractivity contribution in [2.24, 2.45) is 0 Å². The molecule has 0 N–H and O–H groups in total. The highest BCUT2D eigenvalue weighted by Crippen LogP contribution is 2.41. The van der Waals surface area contributed by atoms with Gasteiger partial charge in [-0.3, -0.25) is 19.9 Å². The lowest BCUT2D eigenvalue weighted by Crippen LogP contribution is -1.96. The zero-order valence-electron chi connectivity index (χ0n) is 72.6. The Hall–Kier alpha value is -18.3. The number of fused-ring (bicyclic) bond motifs is 6. The third kappa shape index (κ3) is 16.3. The molecule has 134 heavy (non-hydrogen) atoms. The summed E-state index contributed by atoms with van der Waals surface area (Å²) in [7, 11) is 0. The van der Waals surface area contributed by atoms with Crippen molar-refractivity contribution < 1.29 is 0 Å². The molecule has 0 spiro atoms. The van der Waals surface area contributed by atoms with Gasteiger partial charge in [-0.05, 0) is 177 Å². The SMILES string of the molecule is c1ccc(-c2cc(-c3ccccc3)nc(-c3ccc(-c4ccc(-c5ccc(-c6cc(-c7ccc(-n8c9ccccc9c9ccccc98)cc7)cc(-c7ccccn7)n6)nc5)cc4)cc3)n2)cc1.c1ccc(-c2cc(-c3ccccc3)nc(-c3ccc(-c4ccc(-c5ccc(-c6cc(-c7cccc(-n8c9ccccc9c9ccccc98)c7)cc(-c7ccccn7)n6)nc5)cc4)cc3)n2)cc1. The fourth-order valence-electron chi connectivity index (χ4n) is 17.9. The standard InChI is InChI=1S/2C61H40N6/c1-3-14-44(15-4-1)55-39-56(45-16-5-2-6-17-45)66-61(65-55)46-31-29-42(30-32-46)41-25-27-43(28-26-41)48-33-34-54(63-40-48)58-38-49(37-57(64-58)53-22-11-12-35-62-53)47-18-13-19-50(36-47)67-59-23-9-7-20-51(59)52-21-8-10-24-60(52)67;1-3-13-45(14-4-1)55-39-56(46-15-5-2-6-16-46)66-61(65-55)47-28-26-42(27-29-47)41-22-24-43(25-23-41)48-32-35-54(63-40-48)58-38-49(37-57(64-58)53-19-11-12-36-62-53)44-30-33-50(34-31-44)67-59-20-9-7-17-51(59)52-18-8-10-21-60(52)67/h2*1-40H. The maximum Gasteiger partial charge on any atom is 0.160 e. The molecule has 10 heterocycles. The van der Waals surface area contributed by atoms with Gasteiger partial charge in [-0.15, -0.1) is 0 Å². The van der Waals surface area contributed by atoms with Gasteiger partial charge in [0.25, 0.3) is 0 Å². The van der Waals surface area contributed by atoms with Crippen LogP contribution in [0.4, 0.5) is 0 Å². The van der Waals surface area contributed by atoms with E-state index in [1.807, 2.05) is 128 Å². The quantitative estimate of drug-likeness (QED) is 0.0816. The van der Waals surface area contributed by atoms with Crippen molar-refractivity contribution >= 4 is 43.6 Å². The van der Waals surface area contributed by atoms with Gasteiger partial charge < -0.3 is 9.13 Å². The van der Waals surface area contributed by atoms with E-state index in [0.717, 1.165) is 180 Å². The summed E-state index contributed by atoms with van der Waals surface area (Å²) in [5.41, 5.74) is 35.9. The van der Waals surface area contributed by atoms with Crippen LogP contribution in [0.1, 0.15) is 0 Å². The van der Waals surface area contributed by atoms with E-state index in [0.29, 0.717) is 11.6 Å². The summed E-state index contributed by atoms with van der Waals surface area (Å²) in [6, 6.07) is 160. The molecular formula is C122H80N12. The van der Waals surface area contributed by atoms with Crippen molar-refractivity contribution in [2.45, 2.75) is 0 Å². The Kier molecular flexibility index (Phi) is 21.4. The van der Waals surface area contributed by atoms with Crippen LogP contribution in [0, 0.1) is 0 Å². The first-order chi connectivity index (χ1) is 66.4. The lowest BCUT2D eigenvalue weighted by molar-refractivity contribution is 1.18. The molecule has 0 aliphatic carbocycles. The van der Waals surface area contributed by atoms with Gasteiger partial charge in [0.15, 0.2) is 11.6 Å². The molecule has 0 aliphatic heterocycles. The van der Waals surface area contributed by atoms with E-state index >= 15 is 0 Å². The molecule has 0 bridgehead atoms. The minimum atomic E-state index is 0.692. The molecule has 0 saturated heterocycles. The van der Waals surface area contributed by atoms with E-state index in [9.17, 15) is 0 Å². The van der Waals surface area contributed by atoms with Gasteiger partial charge in [0.2, 0.25) is 0 Å². The van der Waals surface area contributed by atoms with Crippen molar-refractivity contribution in [3.8, 4) is 191 Å². The number of nitrogens with zero attached hydrogens (tertiary/aromatic N) is 12. The summed E-state index contributed by atoms with van der Waals surface area (Å²) in [5.74, 6) is 1.38. The molecular weight excluding hydrogens is 1630 g/mol. The molecule has 0 unspecified atom stereocenters. The molecule has 14 aromatic carbocycles. The fraction of sp³-hybridized carbons (Fsp3) is 0. The monoisotopic (exact) mass is 1710 g/mol. The van der Waals surface area contributed by atoms with Gasteiger partial charge in [-0.1, -0.05) is 340 Å². The number of hydrogen-bond donors (Lipinski definition) is 0. The summed E-state index contributed by atoms with van der Waals surface area (Å²) < 4.78 is 4.69. The number of hydrogen-bond acceptors (Lipinski definition) is 10. The van der Waals surface area contributed by atoms with Crippen molar-refractivity contribution in [1.82, 2.24) is 59.0 Å². The molecule has 12 nitrogen and oxygen atoms in total. The van der Waals surface area contributed by atoms with Crippen LogP contribution >= 0.6 is 0 Å². The topological polar surface area (TPSA) is 139 Å². The molecule has 0 saturated carbocycles. The first kappa shape index (κ1) is 80.3. The smallest absolute Gasteiger partial charge is 0.160 e. The number of benzene rings is 14. The summed E-state index contributed by atoms with van der Waals surface area (Å²) in [6.45, 7) is 0. The van der Waals surface area contributed by atoms with Crippen LogP contribution in [0.5, 0.6) is 0 Å². The second-order valence-corrected chi connectivity index (χ2v) is 33.1. The summed E-state index contributed by atoms with van der Waals surface area (Å²) in [5, 5.41) is 4.96. The number of rotatable bonds is 18. The lowest BCUT2D eigenvalue weighted by Gasteiger charge is -2.13. The van der Waals surface area contributed by atoms with Gasteiger partial charge in [-0.25, -0.2) is 29.9 Å². The van der Waals surface area contributed by atoms with Gasteiger partial charge in [0.05, 0.1) is 90.4 Å². The van der Waals surface area contributed by atoms with Crippen LogP contribution in [0.15, 0.2) is 486 Å². The molecule has 0 radical (unpaired) electrons. The molecule has 0 aliphatic rings. The maximum atomic E-state index is 5.12. The minimum Gasteiger partial charge on any atom is -0.309 e. The van der Waals surface area contributed by atoms with Crippen LogP contribution < -0.4 is 0 Å². The highest BCUT2D eigenvalue weighted by molar-refractivity contribution is 6.10. The maximum absolute atomic E-state index is 5.12. The Morgan fingerprint density at radius 3 is 0.731 bits per heavy atom. The molecule has 10 aromatic heterocycles. The number of para-hydroxylation sites is 4. The highest BCUT2D eigenvalue weighted by Gasteiger charge is 2.21. The van der Waals surface area contributed by atoms with Crippen molar-refractivity contribution in [3.05, 3.63) is 486 Å². The Labute approximate surface area is 774 Å². The van der Waals surface area contributed by atoms with E-state index < -0.39 is 0 Å². The average Bonchev–Trinajstić information content (AvgIpc) is 1.60. The first-order valence-electron chi connectivity index (χ1n) is 44.8. The third-order valence-electron chi connectivity index (χ3n) is 24.7. The molecule has 24 aromatic rings. The van der Waals surface area contributed by atoms with Crippen molar-refractivity contribution in [2.75, 3.05) is 0 Å². The minimum absolute atomic E-state index is 0.692. The first-order valence-corrected chi connectivity index (χ1v) is 44.8. The number of pyridine rings is 6. The van der Waals surface area contributed by atoms with Gasteiger partial charge in [0.1, 0.15) is 0 Å². The zero-order chi connectivity index (χ0) is 89.0. The summed E-state index contributed by atoms with van der Waals surface area (Å²) >= 11 is 0. The second kappa shape index (κ2) is 35.8. The normalized spacial score (nSPS) is 11.3. The third-order valence-corrected chi connectivity index (χ3v) is 24.7. The van der Waals surface area contributed by atoms with Crippen LogP contribution in [-0.2, 0) is 0 Å². The van der Waals surface area contributed by atoms with E-state index in [2.05, 4.69) is 371 Å². The average molecular weight is 1710 g/mol. The summed E-state index contributed by atoms with van der Waals surface area (Å²) in [6.07, 6.45) is 7.48. The molecule has 24 rings (SSSR count). The largest absolute Gasteiger partial charge is 0.309 e. The predicted molar refractivity (Wildman–Crippen MR) is 546 cm³/mol. The highest BCUT2D eigenvalue weighted by atomic mass is 15.0.